The van der Waals surface area contributed by atoms with Crippen LogP contribution in [0.5, 0.6) is 0 Å². The summed E-state index contributed by atoms with van der Waals surface area (Å²) >= 11 is 1.94. The SMILES string of the molecule is CC1(C)c2ccccc2-c2c1sc1c2ccc2c3cc4c5ccccc5c5ccccc5c4cc3n(-c3nc(-c4ccccc4)c4ccccc4n3)c21. The van der Waals surface area contributed by atoms with Crippen molar-refractivity contribution >= 4 is 86.4 Å². The van der Waals surface area contributed by atoms with E-state index in [0.29, 0.717) is 5.95 Å². The van der Waals surface area contributed by atoms with Crippen molar-refractivity contribution in [3.05, 3.63) is 162 Å². The second kappa shape index (κ2) is 10.4. The Balaban J connectivity index is 1.30. The standard InChI is InChI=1S/C49H31N3S/c1-49(2)40-22-12-10-20-34(40)43-36-25-24-33-39-26-37-31-18-8-6-16-29(31)30-17-7-9-19-32(30)38(37)27-42(39)52(45(33)46(36)53-47(43)49)48-50-41-23-13-11-21-35(41)44(51-48)28-14-4-3-5-15-28/h3-27H,1-2H3. The minimum Gasteiger partial charge on any atom is -0.276 e. The van der Waals surface area contributed by atoms with Gasteiger partial charge in [0.15, 0.2) is 0 Å². The molecule has 12 rings (SSSR count). The average molecular weight is 694 g/mol. The Morgan fingerprint density at radius 2 is 1.11 bits per heavy atom. The molecule has 0 aliphatic heterocycles. The zero-order valence-corrected chi connectivity index (χ0v) is 30.0. The van der Waals surface area contributed by atoms with E-state index in [2.05, 4.69) is 170 Å². The van der Waals surface area contributed by atoms with Gasteiger partial charge in [0.1, 0.15) is 0 Å². The van der Waals surface area contributed by atoms with E-state index in [0.717, 1.165) is 27.7 Å². The van der Waals surface area contributed by atoms with Crippen LogP contribution >= 0.6 is 11.3 Å². The van der Waals surface area contributed by atoms with Gasteiger partial charge in [-0.05, 0) is 61.6 Å². The third kappa shape index (κ3) is 3.83. The summed E-state index contributed by atoms with van der Waals surface area (Å²) in [5, 5.41) is 12.3. The van der Waals surface area contributed by atoms with Crippen molar-refractivity contribution in [1.82, 2.24) is 14.5 Å². The summed E-state index contributed by atoms with van der Waals surface area (Å²) in [6.07, 6.45) is 0. The van der Waals surface area contributed by atoms with E-state index in [1.807, 2.05) is 11.3 Å². The Labute approximate surface area is 309 Å². The van der Waals surface area contributed by atoms with Gasteiger partial charge in [-0.25, -0.2) is 9.97 Å². The first kappa shape index (κ1) is 29.2. The topological polar surface area (TPSA) is 30.7 Å². The van der Waals surface area contributed by atoms with Gasteiger partial charge < -0.3 is 0 Å². The fourth-order valence-electron chi connectivity index (χ4n) is 9.31. The van der Waals surface area contributed by atoms with Crippen molar-refractivity contribution in [3.63, 3.8) is 0 Å². The maximum atomic E-state index is 5.50. The quantitative estimate of drug-likeness (QED) is 0.169. The second-order valence-corrected chi connectivity index (χ2v) is 15.9. The molecule has 3 nitrogen and oxygen atoms in total. The number of nitrogens with zero attached hydrogens (tertiary/aromatic N) is 3. The third-order valence-electron chi connectivity index (χ3n) is 11.7. The zero-order chi connectivity index (χ0) is 35.0. The van der Waals surface area contributed by atoms with Crippen molar-refractivity contribution in [3.8, 4) is 28.3 Å². The summed E-state index contributed by atoms with van der Waals surface area (Å²) in [6.45, 7) is 4.75. The highest BCUT2D eigenvalue weighted by Crippen LogP contribution is 2.57. The minimum absolute atomic E-state index is 0.0920. The summed E-state index contributed by atoms with van der Waals surface area (Å²) in [5.41, 5.74) is 9.26. The maximum Gasteiger partial charge on any atom is 0.235 e. The van der Waals surface area contributed by atoms with E-state index in [4.69, 9.17) is 9.97 Å². The molecule has 0 saturated heterocycles. The molecule has 0 atom stereocenters. The predicted molar refractivity (Wildman–Crippen MR) is 225 cm³/mol. The summed E-state index contributed by atoms with van der Waals surface area (Å²) < 4.78 is 3.66. The first-order valence-electron chi connectivity index (χ1n) is 18.3. The highest BCUT2D eigenvalue weighted by molar-refractivity contribution is 7.21. The smallest absolute Gasteiger partial charge is 0.235 e. The highest BCUT2D eigenvalue weighted by Gasteiger charge is 2.39. The minimum atomic E-state index is -0.0920. The number of hydrogen-bond donors (Lipinski definition) is 0. The third-order valence-corrected chi connectivity index (χ3v) is 13.3. The van der Waals surface area contributed by atoms with Crippen molar-refractivity contribution in [1.29, 1.82) is 0 Å². The lowest BCUT2D eigenvalue weighted by Gasteiger charge is -2.19. The average Bonchev–Trinajstić information content (AvgIpc) is 3.83. The largest absolute Gasteiger partial charge is 0.276 e. The lowest BCUT2D eigenvalue weighted by Crippen LogP contribution is -2.13. The number of benzene rings is 8. The monoisotopic (exact) mass is 693 g/mol. The van der Waals surface area contributed by atoms with E-state index >= 15 is 0 Å². The molecule has 3 aromatic heterocycles. The molecule has 1 aliphatic carbocycles. The van der Waals surface area contributed by atoms with Crippen LogP contribution in [0.25, 0.3) is 103 Å². The molecule has 11 aromatic rings. The van der Waals surface area contributed by atoms with Crippen LogP contribution in [-0.2, 0) is 5.41 Å². The second-order valence-electron chi connectivity index (χ2n) is 14.9. The van der Waals surface area contributed by atoms with E-state index in [1.54, 1.807) is 0 Å². The van der Waals surface area contributed by atoms with Crippen molar-refractivity contribution in [2.45, 2.75) is 19.3 Å². The molecule has 0 fully saturated rings. The molecule has 4 heteroatoms. The van der Waals surface area contributed by atoms with Gasteiger partial charge in [-0.1, -0.05) is 147 Å². The molecule has 53 heavy (non-hydrogen) atoms. The molecule has 8 aromatic carbocycles. The Morgan fingerprint density at radius 3 is 1.87 bits per heavy atom. The highest BCUT2D eigenvalue weighted by atomic mass is 32.1. The molecule has 0 radical (unpaired) electrons. The first-order chi connectivity index (χ1) is 26.1. The number of rotatable bonds is 2. The van der Waals surface area contributed by atoms with Gasteiger partial charge >= 0.3 is 0 Å². The number of fused-ring (bicyclic) bond motifs is 16. The van der Waals surface area contributed by atoms with Gasteiger partial charge in [-0.2, -0.15) is 0 Å². The Hall–Kier alpha value is -6.36. The Kier molecular flexibility index (Phi) is 5.72. The molecule has 1 aliphatic rings. The molecule has 0 amide bonds. The van der Waals surface area contributed by atoms with Gasteiger partial charge in [-0.15, -0.1) is 11.3 Å². The number of para-hydroxylation sites is 1. The zero-order valence-electron chi connectivity index (χ0n) is 29.2. The summed E-state index contributed by atoms with van der Waals surface area (Å²) in [6, 6.07) is 55.1. The first-order valence-corrected chi connectivity index (χ1v) is 19.1. The van der Waals surface area contributed by atoms with Crippen molar-refractivity contribution < 1.29 is 0 Å². The Morgan fingerprint density at radius 1 is 0.509 bits per heavy atom. The normalized spacial score (nSPS) is 13.6. The van der Waals surface area contributed by atoms with Gasteiger partial charge in [-0.3, -0.25) is 4.57 Å². The van der Waals surface area contributed by atoms with Crippen LogP contribution in [0.15, 0.2) is 152 Å². The molecule has 0 unspecified atom stereocenters. The molecule has 0 N–H and O–H groups in total. The van der Waals surface area contributed by atoms with Crippen LogP contribution in [0.3, 0.4) is 0 Å². The number of thiophene rings is 1. The van der Waals surface area contributed by atoms with Crippen LogP contribution in [0, 0.1) is 0 Å². The van der Waals surface area contributed by atoms with Crippen LogP contribution < -0.4 is 0 Å². The molecule has 0 saturated carbocycles. The van der Waals surface area contributed by atoms with Crippen LogP contribution in [0.2, 0.25) is 0 Å². The molecular weight excluding hydrogens is 663 g/mol. The number of aromatic nitrogens is 3. The number of hydrogen-bond acceptors (Lipinski definition) is 3. The maximum absolute atomic E-state index is 5.50. The van der Waals surface area contributed by atoms with Crippen LogP contribution in [-0.4, -0.2) is 14.5 Å². The Bertz CT molecular complexity index is 3370. The van der Waals surface area contributed by atoms with Crippen molar-refractivity contribution in [2.75, 3.05) is 0 Å². The lowest BCUT2D eigenvalue weighted by molar-refractivity contribution is 0.674. The summed E-state index contributed by atoms with van der Waals surface area (Å²) in [4.78, 5) is 12.3. The summed E-state index contributed by atoms with van der Waals surface area (Å²) in [5.74, 6) is 0.688. The van der Waals surface area contributed by atoms with Gasteiger partial charge in [0.25, 0.3) is 0 Å². The molecule has 0 bridgehead atoms. The van der Waals surface area contributed by atoms with Gasteiger partial charge in [0, 0.05) is 43.0 Å². The van der Waals surface area contributed by atoms with E-state index in [9.17, 15) is 0 Å². The molecule has 0 spiro atoms. The van der Waals surface area contributed by atoms with Crippen LogP contribution in [0.4, 0.5) is 0 Å². The van der Waals surface area contributed by atoms with E-state index in [1.165, 1.54) is 80.3 Å². The van der Waals surface area contributed by atoms with Gasteiger partial charge in [0.2, 0.25) is 5.95 Å². The summed E-state index contributed by atoms with van der Waals surface area (Å²) in [7, 11) is 0. The fraction of sp³-hybridized carbons (Fsp3) is 0.0612. The lowest BCUT2D eigenvalue weighted by atomic mass is 9.87. The van der Waals surface area contributed by atoms with E-state index in [-0.39, 0.29) is 5.41 Å². The van der Waals surface area contributed by atoms with Crippen molar-refractivity contribution in [2.24, 2.45) is 0 Å². The fourth-order valence-corrected chi connectivity index (χ4v) is 10.8. The van der Waals surface area contributed by atoms with Gasteiger partial charge in [0.05, 0.1) is 26.9 Å². The van der Waals surface area contributed by atoms with Crippen LogP contribution in [0.1, 0.15) is 24.3 Å². The molecular formula is C49H31N3S. The molecule has 3 heterocycles. The van der Waals surface area contributed by atoms with E-state index < -0.39 is 0 Å². The predicted octanol–water partition coefficient (Wildman–Crippen LogP) is 13.4. The molecule has 248 valence electrons.